The van der Waals surface area contributed by atoms with E-state index >= 15 is 0 Å². The summed E-state index contributed by atoms with van der Waals surface area (Å²) in [6.07, 6.45) is 4.27. The van der Waals surface area contributed by atoms with E-state index < -0.39 is 21.3 Å². The van der Waals surface area contributed by atoms with E-state index in [9.17, 15) is 18.0 Å². The number of hydrogen-bond acceptors (Lipinski definition) is 4. The Hall–Kier alpha value is -1.89. The van der Waals surface area contributed by atoms with Gasteiger partial charge in [-0.05, 0) is 51.0 Å². The molecule has 0 aromatic heterocycles. The zero-order chi connectivity index (χ0) is 17.5. The summed E-state index contributed by atoms with van der Waals surface area (Å²) in [5.74, 6) is -0.807. The molecule has 1 aromatic rings. The maximum absolute atomic E-state index is 12.4. The van der Waals surface area contributed by atoms with Crippen LogP contribution in [0.4, 0.5) is 5.69 Å². The molecule has 1 aliphatic heterocycles. The third-order valence-electron chi connectivity index (χ3n) is 4.64. The molecule has 0 unspecified atom stereocenters. The van der Waals surface area contributed by atoms with Gasteiger partial charge in [-0.15, -0.1) is 0 Å². The van der Waals surface area contributed by atoms with E-state index in [1.165, 1.54) is 12.1 Å². The molecule has 2 aliphatic rings. The number of hydrogen-bond donors (Lipinski definition) is 1. The molecule has 6 nitrogen and oxygen atoms in total. The maximum atomic E-state index is 12.4. The first kappa shape index (κ1) is 17.0. The highest BCUT2D eigenvalue weighted by molar-refractivity contribution is 7.94. The molecule has 0 radical (unpaired) electrons. The van der Waals surface area contributed by atoms with Gasteiger partial charge >= 0.3 is 0 Å². The van der Waals surface area contributed by atoms with Crippen molar-refractivity contribution in [1.82, 2.24) is 5.32 Å². The van der Waals surface area contributed by atoms with E-state index in [0.29, 0.717) is 5.56 Å². The topological polar surface area (TPSA) is 83.6 Å². The molecule has 130 valence electrons. The molecule has 2 fully saturated rings. The molecule has 0 atom stereocenters. The minimum absolute atomic E-state index is 0.163. The monoisotopic (exact) mass is 350 g/mol. The molecule has 1 heterocycles. The molecule has 1 saturated carbocycles. The SMILES string of the molecule is CC1(C)CS(=O)(=O)N(c2ccc(C(=O)NC3CCCC3)cc2)C1=O. The fourth-order valence-corrected chi connectivity index (χ4v) is 5.46. The Bertz CT molecular complexity index is 762. The van der Waals surface area contributed by atoms with Crippen LogP contribution in [0.1, 0.15) is 49.9 Å². The highest BCUT2D eigenvalue weighted by atomic mass is 32.2. The van der Waals surface area contributed by atoms with Crippen LogP contribution in [-0.2, 0) is 14.8 Å². The quantitative estimate of drug-likeness (QED) is 0.904. The molecule has 7 heteroatoms. The first-order valence-electron chi connectivity index (χ1n) is 8.19. The number of carbonyl (C=O) groups excluding carboxylic acids is 2. The van der Waals surface area contributed by atoms with Gasteiger partial charge in [-0.25, -0.2) is 12.7 Å². The second-order valence-corrected chi connectivity index (χ2v) is 9.03. The minimum Gasteiger partial charge on any atom is -0.349 e. The summed E-state index contributed by atoms with van der Waals surface area (Å²) in [6, 6.07) is 6.38. The molecule has 1 saturated heterocycles. The molecule has 1 aromatic carbocycles. The van der Waals surface area contributed by atoms with Crippen molar-refractivity contribution in [3.8, 4) is 0 Å². The van der Waals surface area contributed by atoms with Gasteiger partial charge in [0.1, 0.15) is 0 Å². The van der Waals surface area contributed by atoms with Crippen LogP contribution >= 0.6 is 0 Å². The van der Waals surface area contributed by atoms with Crippen molar-refractivity contribution in [2.45, 2.75) is 45.6 Å². The molecular weight excluding hydrogens is 328 g/mol. The van der Waals surface area contributed by atoms with Gasteiger partial charge in [-0.1, -0.05) is 12.8 Å². The Labute approximate surface area is 142 Å². The van der Waals surface area contributed by atoms with Gasteiger partial charge in [-0.2, -0.15) is 0 Å². The summed E-state index contributed by atoms with van der Waals surface area (Å²) in [5, 5.41) is 2.98. The highest BCUT2D eigenvalue weighted by Crippen LogP contribution is 2.35. The Morgan fingerprint density at radius 3 is 2.25 bits per heavy atom. The smallest absolute Gasteiger partial charge is 0.251 e. The Morgan fingerprint density at radius 1 is 1.17 bits per heavy atom. The van der Waals surface area contributed by atoms with Crippen molar-refractivity contribution in [3.63, 3.8) is 0 Å². The van der Waals surface area contributed by atoms with Gasteiger partial charge in [0, 0.05) is 11.6 Å². The molecule has 0 bridgehead atoms. The summed E-state index contributed by atoms with van der Waals surface area (Å²) < 4.78 is 25.4. The zero-order valence-electron chi connectivity index (χ0n) is 13.9. The van der Waals surface area contributed by atoms with Crippen LogP contribution in [0.25, 0.3) is 0 Å². The largest absolute Gasteiger partial charge is 0.349 e. The Morgan fingerprint density at radius 2 is 1.75 bits per heavy atom. The van der Waals surface area contributed by atoms with E-state index in [1.807, 2.05) is 0 Å². The summed E-state index contributed by atoms with van der Waals surface area (Å²) in [7, 11) is -3.67. The van der Waals surface area contributed by atoms with Crippen LogP contribution < -0.4 is 9.62 Å². The maximum Gasteiger partial charge on any atom is 0.251 e. The highest BCUT2D eigenvalue weighted by Gasteiger charge is 2.49. The van der Waals surface area contributed by atoms with Gasteiger partial charge in [0.15, 0.2) is 0 Å². The van der Waals surface area contributed by atoms with Gasteiger partial charge in [0.2, 0.25) is 15.9 Å². The number of rotatable bonds is 3. The lowest BCUT2D eigenvalue weighted by atomic mass is 9.95. The van der Waals surface area contributed by atoms with Crippen LogP contribution in [-0.4, -0.2) is 32.0 Å². The minimum atomic E-state index is -3.67. The average Bonchev–Trinajstić information content (AvgIpc) is 3.04. The third kappa shape index (κ3) is 3.05. The molecular formula is C17H22N2O4S. The van der Waals surface area contributed by atoms with E-state index in [-0.39, 0.29) is 23.4 Å². The van der Waals surface area contributed by atoms with Crippen LogP contribution in [0, 0.1) is 5.41 Å². The van der Waals surface area contributed by atoms with E-state index in [4.69, 9.17) is 0 Å². The summed E-state index contributed by atoms with van der Waals surface area (Å²) in [5.41, 5.74) is -0.186. The molecule has 24 heavy (non-hydrogen) atoms. The molecule has 1 N–H and O–H groups in total. The summed E-state index contributed by atoms with van der Waals surface area (Å²) >= 11 is 0. The second kappa shape index (κ2) is 5.88. The predicted molar refractivity (Wildman–Crippen MR) is 91.2 cm³/mol. The van der Waals surface area contributed by atoms with Crippen molar-refractivity contribution in [1.29, 1.82) is 0 Å². The van der Waals surface area contributed by atoms with Crippen molar-refractivity contribution in [2.24, 2.45) is 5.41 Å². The van der Waals surface area contributed by atoms with Crippen molar-refractivity contribution >= 4 is 27.5 Å². The zero-order valence-corrected chi connectivity index (χ0v) is 14.7. The number of anilines is 1. The molecule has 1 aliphatic carbocycles. The van der Waals surface area contributed by atoms with Gasteiger partial charge in [0.25, 0.3) is 5.91 Å². The normalized spacial score (nSPS) is 22.8. The predicted octanol–water partition coefficient (Wildman–Crippen LogP) is 2.06. The summed E-state index contributed by atoms with van der Waals surface area (Å²) in [4.78, 5) is 24.6. The van der Waals surface area contributed by atoms with Gasteiger partial charge in [0.05, 0.1) is 16.9 Å². The van der Waals surface area contributed by atoms with E-state index in [0.717, 1.165) is 30.0 Å². The van der Waals surface area contributed by atoms with Crippen LogP contribution in [0.15, 0.2) is 24.3 Å². The van der Waals surface area contributed by atoms with Crippen LogP contribution in [0.2, 0.25) is 0 Å². The molecule has 0 spiro atoms. The lowest BCUT2D eigenvalue weighted by molar-refractivity contribution is -0.123. The standard InChI is InChI=1S/C17H22N2O4S/c1-17(2)11-24(22,23)19(16(17)21)14-9-7-12(8-10-14)15(20)18-13-5-3-4-6-13/h7-10,13H,3-6,11H2,1-2H3,(H,18,20). The average molecular weight is 350 g/mol. The van der Waals surface area contributed by atoms with Crippen molar-refractivity contribution in [3.05, 3.63) is 29.8 Å². The van der Waals surface area contributed by atoms with Crippen molar-refractivity contribution in [2.75, 3.05) is 10.1 Å². The molecule has 2 amide bonds. The van der Waals surface area contributed by atoms with E-state index in [1.54, 1.807) is 26.0 Å². The van der Waals surface area contributed by atoms with Gasteiger partial charge < -0.3 is 5.32 Å². The lowest BCUT2D eigenvalue weighted by Crippen LogP contribution is -2.33. The fourth-order valence-electron chi connectivity index (χ4n) is 3.35. The number of nitrogens with one attached hydrogen (secondary N) is 1. The van der Waals surface area contributed by atoms with Gasteiger partial charge in [-0.3, -0.25) is 9.59 Å². The van der Waals surface area contributed by atoms with Crippen molar-refractivity contribution < 1.29 is 18.0 Å². The fraction of sp³-hybridized carbons (Fsp3) is 0.529. The number of benzene rings is 1. The van der Waals surface area contributed by atoms with E-state index in [2.05, 4.69) is 5.32 Å². The first-order chi connectivity index (χ1) is 11.2. The van der Waals surface area contributed by atoms with Crippen LogP contribution in [0.3, 0.4) is 0 Å². The Balaban J connectivity index is 1.79. The second-order valence-electron chi connectivity index (χ2n) is 7.21. The summed E-state index contributed by atoms with van der Waals surface area (Å²) in [6.45, 7) is 3.24. The molecule has 3 rings (SSSR count). The third-order valence-corrected chi connectivity index (χ3v) is 6.66. The number of carbonyl (C=O) groups is 2. The number of amides is 2. The number of sulfonamides is 1. The number of nitrogens with zero attached hydrogens (tertiary/aromatic N) is 1. The van der Waals surface area contributed by atoms with Crippen LogP contribution in [0.5, 0.6) is 0 Å². The lowest BCUT2D eigenvalue weighted by Gasteiger charge is -2.18. The Kier molecular flexibility index (Phi) is 4.15. The first-order valence-corrected chi connectivity index (χ1v) is 9.80.